The van der Waals surface area contributed by atoms with Crippen LogP contribution in [0.5, 0.6) is 23.0 Å². The highest BCUT2D eigenvalue weighted by Crippen LogP contribution is 2.41. The first-order valence-corrected chi connectivity index (χ1v) is 10.9. The highest BCUT2D eigenvalue weighted by Gasteiger charge is 2.28. The number of hydrogen-bond acceptors (Lipinski definition) is 6. The fourth-order valence-corrected chi connectivity index (χ4v) is 4.58. The van der Waals surface area contributed by atoms with Crippen LogP contribution in [0.2, 0.25) is 0 Å². The van der Waals surface area contributed by atoms with Crippen LogP contribution < -0.4 is 23.5 Å². The van der Waals surface area contributed by atoms with Gasteiger partial charge in [0, 0.05) is 24.6 Å². The van der Waals surface area contributed by atoms with Crippen molar-refractivity contribution in [3.05, 3.63) is 82.0 Å². The lowest BCUT2D eigenvalue weighted by Gasteiger charge is -2.18. The lowest BCUT2D eigenvalue weighted by molar-refractivity contribution is -0.686. The molecule has 178 valence electrons. The number of nitro benzene ring substituents is 1. The fourth-order valence-electron chi connectivity index (χ4n) is 4.58. The van der Waals surface area contributed by atoms with Crippen LogP contribution in [0.15, 0.2) is 60.8 Å². The minimum Gasteiger partial charge on any atom is -0.493 e. The Morgan fingerprint density at radius 1 is 1.06 bits per heavy atom. The van der Waals surface area contributed by atoms with Gasteiger partial charge in [-0.05, 0) is 52.9 Å². The quantitative estimate of drug-likeness (QED) is 0.139. The first kappa shape index (κ1) is 23.2. The molecule has 0 bridgehead atoms. The van der Waals surface area contributed by atoms with Crippen molar-refractivity contribution in [2.24, 2.45) is 0 Å². The third kappa shape index (κ3) is 4.09. The topological polar surface area (TPSA) is 83.9 Å². The molecular weight excluding hydrogens is 563 g/mol. The maximum atomic E-state index is 10.9. The van der Waals surface area contributed by atoms with Gasteiger partial charge >= 0.3 is 0 Å². The minimum absolute atomic E-state index is 0. The van der Waals surface area contributed by atoms with Crippen molar-refractivity contribution in [3.63, 3.8) is 0 Å². The lowest BCUT2D eigenvalue weighted by Crippen LogP contribution is -2.40. The monoisotopic (exact) mass is 585 g/mol. The molecule has 4 aromatic rings. The summed E-state index contributed by atoms with van der Waals surface area (Å²) in [5.74, 6) is 2.86. The number of aryl methyl sites for hydroxylation is 2. The van der Waals surface area contributed by atoms with E-state index in [0.29, 0.717) is 11.5 Å². The number of rotatable bonds is 5. The Morgan fingerprint density at radius 2 is 1.83 bits per heavy atom. The SMILES string of the molecule is COc1ccc2cc3[n+](cc2c1OCc1ccc([N+](=O)[O-])cc1)CCc1cc2c(cc1-3)OCO2.I. The molecule has 0 aliphatic carbocycles. The molecule has 2 aliphatic heterocycles. The molecule has 0 N–H and O–H groups in total. The van der Waals surface area contributed by atoms with Gasteiger partial charge in [-0.3, -0.25) is 10.1 Å². The lowest BCUT2D eigenvalue weighted by atomic mass is 9.95. The molecule has 35 heavy (non-hydrogen) atoms. The summed E-state index contributed by atoms with van der Waals surface area (Å²) in [5, 5.41) is 12.9. The number of benzene rings is 3. The predicted molar refractivity (Wildman–Crippen MR) is 139 cm³/mol. The summed E-state index contributed by atoms with van der Waals surface area (Å²) in [6, 6.07) is 16.6. The summed E-state index contributed by atoms with van der Waals surface area (Å²) in [5.41, 5.74) is 4.38. The van der Waals surface area contributed by atoms with E-state index in [1.807, 2.05) is 12.1 Å². The van der Waals surface area contributed by atoms with Crippen LogP contribution in [0.25, 0.3) is 22.0 Å². The third-order valence-corrected chi connectivity index (χ3v) is 6.33. The molecule has 0 atom stereocenters. The summed E-state index contributed by atoms with van der Waals surface area (Å²) >= 11 is 0. The standard InChI is InChI=1S/C26H21N2O6.HI/c1-31-23-7-4-17-10-22-20-12-25-24(33-15-34-25)11-18(20)8-9-27(22)13-21(17)26(23)32-14-16-2-5-19(6-3-16)28(29)30;/h2-7,10-13H,8-9,14-15H2,1H3;1H/q+1;. The second-order valence-corrected chi connectivity index (χ2v) is 8.28. The molecule has 0 fully saturated rings. The zero-order chi connectivity index (χ0) is 23.2. The normalized spacial score (nSPS) is 12.9. The summed E-state index contributed by atoms with van der Waals surface area (Å²) in [7, 11) is 1.62. The summed E-state index contributed by atoms with van der Waals surface area (Å²) < 4.78 is 25.2. The molecule has 3 heterocycles. The van der Waals surface area contributed by atoms with Crippen LogP contribution >= 0.6 is 24.0 Å². The van der Waals surface area contributed by atoms with Crippen molar-refractivity contribution in [1.29, 1.82) is 0 Å². The molecule has 1 aromatic heterocycles. The highest BCUT2D eigenvalue weighted by molar-refractivity contribution is 14.0. The molecule has 0 unspecified atom stereocenters. The van der Waals surface area contributed by atoms with Crippen molar-refractivity contribution in [1.82, 2.24) is 0 Å². The number of fused-ring (bicyclic) bond motifs is 5. The van der Waals surface area contributed by atoms with Crippen LogP contribution in [-0.4, -0.2) is 18.8 Å². The Labute approximate surface area is 218 Å². The van der Waals surface area contributed by atoms with Gasteiger partial charge in [0.25, 0.3) is 5.69 Å². The van der Waals surface area contributed by atoms with E-state index in [0.717, 1.165) is 52.1 Å². The van der Waals surface area contributed by atoms with Crippen LogP contribution in [0, 0.1) is 10.1 Å². The van der Waals surface area contributed by atoms with Crippen molar-refractivity contribution < 1.29 is 28.4 Å². The summed E-state index contributed by atoms with van der Waals surface area (Å²) in [6.45, 7) is 1.35. The van der Waals surface area contributed by atoms with E-state index >= 15 is 0 Å². The van der Waals surface area contributed by atoms with Gasteiger partial charge in [-0.1, -0.05) is 0 Å². The van der Waals surface area contributed by atoms with Gasteiger partial charge in [0.2, 0.25) is 12.5 Å². The minimum atomic E-state index is -0.412. The van der Waals surface area contributed by atoms with Gasteiger partial charge in [-0.25, -0.2) is 0 Å². The van der Waals surface area contributed by atoms with E-state index in [4.69, 9.17) is 18.9 Å². The summed E-state index contributed by atoms with van der Waals surface area (Å²) in [6.07, 6.45) is 2.99. The Kier molecular flexibility index (Phi) is 6.10. The van der Waals surface area contributed by atoms with E-state index in [1.165, 1.54) is 17.7 Å². The molecule has 0 spiro atoms. The number of methoxy groups -OCH3 is 1. The zero-order valence-electron chi connectivity index (χ0n) is 18.9. The second-order valence-electron chi connectivity index (χ2n) is 8.28. The van der Waals surface area contributed by atoms with Gasteiger partial charge in [0.15, 0.2) is 35.7 Å². The summed E-state index contributed by atoms with van der Waals surface area (Å²) in [4.78, 5) is 10.5. The van der Waals surface area contributed by atoms with Crippen LogP contribution in [0.1, 0.15) is 11.1 Å². The molecule has 3 aromatic carbocycles. The fraction of sp³-hybridized carbons (Fsp3) is 0.192. The van der Waals surface area contributed by atoms with Crippen molar-refractivity contribution in [2.75, 3.05) is 13.9 Å². The molecular formula is C26H22IN2O6+. The van der Waals surface area contributed by atoms with Crippen molar-refractivity contribution >= 4 is 40.4 Å². The van der Waals surface area contributed by atoms with Gasteiger partial charge in [-0.15, -0.1) is 24.0 Å². The largest absolute Gasteiger partial charge is 0.493 e. The number of ether oxygens (including phenoxy) is 4. The maximum absolute atomic E-state index is 10.9. The van der Waals surface area contributed by atoms with Crippen molar-refractivity contribution in [2.45, 2.75) is 19.6 Å². The number of pyridine rings is 1. The Bertz CT molecular complexity index is 1460. The Hall–Kier alpha value is -3.60. The predicted octanol–water partition coefficient (Wildman–Crippen LogP) is 5.19. The maximum Gasteiger partial charge on any atom is 0.269 e. The highest BCUT2D eigenvalue weighted by atomic mass is 127. The van der Waals surface area contributed by atoms with Crippen LogP contribution in [0.4, 0.5) is 5.69 Å². The van der Waals surface area contributed by atoms with E-state index in [1.54, 1.807) is 19.2 Å². The van der Waals surface area contributed by atoms with Crippen LogP contribution in [-0.2, 0) is 19.6 Å². The average Bonchev–Trinajstić information content (AvgIpc) is 3.32. The molecule has 9 heteroatoms. The zero-order valence-corrected chi connectivity index (χ0v) is 21.2. The smallest absolute Gasteiger partial charge is 0.269 e. The first-order valence-electron chi connectivity index (χ1n) is 10.9. The number of non-ortho nitro benzene ring substituents is 1. The van der Waals surface area contributed by atoms with Gasteiger partial charge in [0.05, 0.1) is 23.0 Å². The van der Waals surface area contributed by atoms with E-state index in [2.05, 4.69) is 29.0 Å². The van der Waals surface area contributed by atoms with Gasteiger partial charge < -0.3 is 18.9 Å². The van der Waals surface area contributed by atoms with Crippen molar-refractivity contribution in [3.8, 4) is 34.3 Å². The molecule has 2 aliphatic rings. The molecule has 0 saturated carbocycles. The van der Waals surface area contributed by atoms with Gasteiger partial charge in [0.1, 0.15) is 6.61 Å². The molecule has 8 nitrogen and oxygen atoms in total. The molecule has 0 saturated heterocycles. The average molecular weight is 585 g/mol. The third-order valence-electron chi connectivity index (χ3n) is 6.33. The Morgan fingerprint density at radius 3 is 2.57 bits per heavy atom. The van der Waals surface area contributed by atoms with E-state index in [-0.39, 0.29) is 43.1 Å². The molecule has 0 radical (unpaired) electrons. The number of halogens is 1. The number of aromatic nitrogens is 1. The van der Waals surface area contributed by atoms with E-state index in [9.17, 15) is 10.1 Å². The molecule has 6 rings (SSSR count). The number of nitro groups is 1. The molecule has 0 amide bonds. The van der Waals surface area contributed by atoms with E-state index < -0.39 is 4.92 Å². The number of nitrogens with zero attached hydrogens (tertiary/aromatic N) is 2. The first-order chi connectivity index (χ1) is 16.6. The van der Waals surface area contributed by atoms with Gasteiger partial charge in [-0.2, -0.15) is 4.57 Å². The van der Waals surface area contributed by atoms with Crippen LogP contribution in [0.3, 0.4) is 0 Å². The Balaban J connectivity index is 0.00000253. The second kappa shape index (κ2) is 9.21. The number of hydrogen-bond donors (Lipinski definition) is 0.